The molecule has 4 heteroatoms. The van der Waals surface area contributed by atoms with Crippen molar-refractivity contribution in [2.75, 3.05) is 0 Å². The highest BCUT2D eigenvalue weighted by Gasteiger charge is 2.35. The smallest absolute Gasteiger partial charge is 0.164 e. The first kappa shape index (κ1) is 51.4. The van der Waals surface area contributed by atoms with E-state index in [1.807, 2.05) is 0 Å². The summed E-state index contributed by atoms with van der Waals surface area (Å²) in [5.41, 5.74) is 22.1. The minimum atomic E-state index is -0.182. The maximum absolute atomic E-state index is 5.50. The highest BCUT2D eigenvalue weighted by Crippen LogP contribution is 2.53. The molecular weight excluding hydrogens is 981 g/mol. The van der Waals surface area contributed by atoms with E-state index in [-0.39, 0.29) is 16.7 Å². The summed E-state index contributed by atoms with van der Waals surface area (Å²) in [6.45, 7) is 14.1. The van der Waals surface area contributed by atoms with Gasteiger partial charge in [-0.1, -0.05) is 248 Å². The Bertz CT molecular complexity index is 4080. The molecule has 396 valence electrons. The van der Waals surface area contributed by atoms with Crippen molar-refractivity contribution in [2.24, 2.45) is 0 Å². The zero-order chi connectivity index (χ0) is 55.2. The van der Waals surface area contributed by atoms with Gasteiger partial charge in [0.1, 0.15) is 0 Å². The summed E-state index contributed by atoms with van der Waals surface area (Å²) in [7, 11) is 0. The van der Waals surface area contributed by atoms with Gasteiger partial charge in [0, 0.05) is 50.2 Å². The number of hydrogen-bond acceptors (Lipinski definition) is 3. The van der Waals surface area contributed by atoms with Crippen LogP contribution in [-0.2, 0) is 10.8 Å². The van der Waals surface area contributed by atoms with Crippen LogP contribution < -0.4 is 0 Å². The Balaban J connectivity index is 1.21. The van der Waals surface area contributed by atoms with Gasteiger partial charge in [-0.15, -0.1) is 0 Å². The van der Waals surface area contributed by atoms with Crippen molar-refractivity contribution in [1.82, 2.24) is 19.5 Å². The lowest BCUT2D eigenvalue weighted by atomic mass is 9.79. The summed E-state index contributed by atoms with van der Waals surface area (Å²) in [6.07, 6.45) is 20.8. The maximum Gasteiger partial charge on any atom is 0.164 e. The minimum Gasteiger partial charge on any atom is -0.310 e. The van der Waals surface area contributed by atoms with Crippen molar-refractivity contribution >= 4 is 49.8 Å². The van der Waals surface area contributed by atoms with Gasteiger partial charge in [0.05, 0.1) is 11.0 Å². The van der Waals surface area contributed by atoms with Gasteiger partial charge >= 0.3 is 0 Å². The standard InChI is InChI=1S/C77H68N4/c1-76(2,3)62-47-66(55-29-17-9-18-30-55)71-68(49-62)69-50-63(77(4,5)6)48-67(56-31-19-10-20-32-56)72(69)81(71)70-64(57-41-37-53(38-42-57)51-25-13-7-14-26-51)45-61(46-65(70)58-43-39-54(40-44-58)52-27-15-8-16-28-52)75-79-73(59-33-21-11-22-34-59)78-74(80-75)60-35-23-12-24-36-60/h7,9-11,13-15,17-23,25-44,46-50,64H,8,12,16,24,45H2,1-6H3. The molecule has 0 saturated heterocycles. The molecule has 1 atom stereocenters. The molecule has 0 bridgehead atoms. The molecule has 0 amide bonds. The predicted octanol–water partition coefficient (Wildman–Crippen LogP) is 20.3. The van der Waals surface area contributed by atoms with E-state index < -0.39 is 0 Å². The van der Waals surface area contributed by atoms with E-state index in [1.165, 1.54) is 88.7 Å². The monoisotopic (exact) mass is 1050 g/mol. The van der Waals surface area contributed by atoms with Crippen LogP contribution >= 0.6 is 0 Å². The molecule has 2 heterocycles. The Morgan fingerprint density at radius 3 is 1.36 bits per heavy atom. The second kappa shape index (κ2) is 21.2. The SMILES string of the molecule is CC(C)(C)c1cc(-c2ccccc2)c2c(c1)c1cc(C(C)(C)C)cc(-c3ccccc3)c1n2C1=C(c2ccc(C3=CCCC=C3)cc2)C=C(c2nc(C3=CCCC=C3)nc(-c3ccccc3)n2)CC1c1ccc(-c2ccccc2)cc1. The molecule has 0 fully saturated rings. The van der Waals surface area contributed by atoms with E-state index in [0.717, 1.165) is 53.5 Å². The molecule has 0 saturated carbocycles. The highest BCUT2D eigenvalue weighted by molar-refractivity contribution is 6.20. The quantitative estimate of drug-likeness (QED) is 0.137. The minimum absolute atomic E-state index is 0.137. The third kappa shape index (κ3) is 10.1. The van der Waals surface area contributed by atoms with Gasteiger partial charge in [0.15, 0.2) is 17.5 Å². The molecule has 0 N–H and O–H groups in total. The average Bonchev–Trinajstić information content (AvgIpc) is 4.08. The van der Waals surface area contributed by atoms with E-state index in [9.17, 15) is 0 Å². The second-order valence-corrected chi connectivity index (χ2v) is 24.1. The van der Waals surface area contributed by atoms with Crippen molar-refractivity contribution in [3.63, 3.8) is 0 Å². The topological polar surface area (TPSA) is 43.6 Å². The van der Waals surface area contributed by atoms with Crippen LogP contribution in [0.1, 0.15) is 119 Å². The van der Waals surface area contributed by atoms with Crippen molar-refractivity contribution in [1.29, 1.82) is 0 Å². The fraction of sp³-hybridized carbons (Fsp3) is 0.182. The fourth-order valence-corrected chi connectivity index (χ4v) is 12.2. The first-order chi connectivity index (χ1) is 39.4. The molecule has 10 aromatic rings. The van der Waals surface area contributed by atoms with Gasteiger partial charge in [0.25, 0.3) is 0 Å². The third-order valence-electron chi connectivity index (χ3n) is 16.6. The molecular formula is C77H68N4. The van der Waals surface area contributed by atoms with Crippen LogP contribution in [0.5, 0.6) is 0 Å². The van der Waals surface area contributed by atoms with E-state index in [2.05, 4.69) is 283 Å². The molecule has 2 aromatic heterocycles. The lowest BCUT2D eigenvalue weighted by Gasteiger charge is -2.32. The number of nitrogens with zero attached hydrogens (tertiary/aromatic N) is 4. The molecule has 13 rings (SSSR count). The summed E-state index contributed by atoms with van der Waals surface area (Å²) < 4.78 is 2.72. The zero-order valence-corrected chi connectivity index (χ0v) is 47.4. The Hall–Kier alpha value is -8.99. The van der Waals surface area contributed by atoms with Crippen molar-refractivity contribution in [3.05, 3.63) is 276 Å². The van der Waals surface area contributed by atoms with Crippen LogP contribution in [0.4, 0.5) is 0 Å². The molecule has 8 aromatic carbocycles. The molecule has 4 nitrogen and oxygen atoms in total. The summed E-state index contributed by atoms with van der Waals surface area (Å²) in [6, 6.07) is 72.1. The van der Waals surface area contributed by atoms with Crippen LogP contribution in [0.2, 0.25) is 0 Å². The Morgan fingerprint density at radius 2 is 0.852 bits per heavy atom. The largest absolute Gasteiger partial charge is 0.310 e. The lowest BCUT2D eigenvalue weighted by Crippen LogP contribution is -2.17. The van der Waals surface area contributed by atoms with E-state index in [0.29, 0.717) is 23.9 Å². The Morgan fingerprint density at radius 1 is 0.407 bits per heavy atom. The van der Waals surface area contributed by atoms with E-state index in [4.69, 9.17) is 15.0 Å². The number of rotatable bonds is 10. The number of aromatic nitrogens is 4. The van der Waals surface area contributed by atoms with Gasteiger partial charge in [-0.2, -0.15) is 0 Å². The van der Waals surface area contributed by atoms with Crippen LogP contribution in [0, 0.1) is 0 Å². The molecule has 0 aliphatic heterocycles. The zero-order valence-electron chi connectivity index (χ0n) is 47.4. The van der Waals surface area contributed by atoms with Gasteiger partial charge in [-0.3, -0.25) is 0 Å². The highest BCUT2D eigenvalue weighted by atomic mass is 15.0. The van der Waals surface area contributed by atoms with Crippen molar-refractivity contribution in [2.45, 2.75) is 90.4 Å². The number of allylic oxidation sites excluding steroid dienone is 12. The van der Waals surface area contributed by atoms with Gasteiger partial charge in [-0.25, -0.2) is 15.0 Å². The van der Waals surface area contributed by atoms with Crippen LogP contribution in [0.3, 0.4) is 0 Å². The normalized spacial score (nSPS) is 15.7. The van der Waals surface area contributed by atoms with Crippen LogP contribution in [0.15, 0.2) is 237 Å². The van der Waals surface area contributed by atoms with Gasteiger partial charge in [0.2, 0.25) is 0 Å². The summed E-state index contributed by atoms with van der Waals surface area (Å²) >= 11 is 0. The molecule has 3 aliphatic carbocycles. The average molecular weight is 1050 g/mol. The van der Waals surface area contributed by atoms with Gasteiger partial charge in [-0.05, 0) is 134 Å². The molecule has 3 aliphatic rings. The molecule has 81 heavy (non-hydrogen) atoms. The first-order valence-electron chi connectivity index (χ1n) is 29.0. The summed E-state index contributed by atoms with van der Waals surface area (Å²) in [5.74, 6) is 1.87. The van der Waals surface area contributed by atoms with Crippen LogP contribution in [-0.4, -0.2) is 19.5 Å². The number of benzene rings is 8. The fourth-order valence-electron chi connectivity index (χ4n) is 12.2. The Labute approximate surface area is 478 Å². The van der Waals surface area contributed by atoms with Crippen molar-refractivity contribution in [3.8, 4) is 44.8 Å². The van der Waals surface area contributed by atoms with Crippen molar-refractivity contribution < 1.29 is 0 Å². The van der Waals surface area contributed by atoms with Crippen LogP contribution in [0.25, 0.3) is 94.6 Å². The van der Waals surface area contributed by atoms with E-state index in [1.54, 1.807) is 0 Å². The number of fused-ring (bicyclic) bond motifs is 3. The Kier molecular flexibility index (Phi) is 13.5. The molecule has 0 radical (unpaired) electrons. The third-order valence-corrected chi connectivity index (χ3v) is 16.6. The summed E-state index contributed by atoms with van der Waals surface area (Å²) in [5, 5.41) is 2.49. The second-order valence-electron chi connectivity index (χ2n) is 24.1. The molecule has 1 unspecified atom stereocenters. The maximum atomic E-state index is 5.50. The van der Waals surface area contributed by atoms with E-state index >= 15 is 0 Å². The lowest BCUT2D eigenvalue weighted by molar-refractivity contribution is 0.590. The number of hydrogen-bond donors (Lipinski definition) is 0. The summed E-state index contributed by atoms with van der Waals surface area (Å²) in [4.78, 5) is 16.2. The first-order valence-corrected chi connectivity index (χ1v) is 29.0. The molecule has 0 spiro atoms. The predicted molar refractivity (Wildman–Crippen MR) is 342 cm³/mol. The van der Waals surface area contributed by atoms with Gasteiger partial charge < -0.3 is 4.57 Å².